The first-order valence-corrected chi connectivity index (χ1v) is 6.10. The Hall–Kier alpha value is -2.31. The first-order valence-electron chi connectivity index (χ1n) is 6.10. The van der Waals surface area contributed by atoms with Crippen molar-refractivity contribution in [3.63, 3.8) is 0 Å². The molecular formula is C12H16N4O3. The zero-order valence-electron chi connectivity index (χ0n) is 10.9. The van der Waals surface area contributed by atoms with E-state index >= 15 is 0 Å². The van der Waals surface area contributed by atoms with Crippen LogP contribution in [-0.4, -0.2) is 14.7 Å². The Bertz CT molecular complexity index is 560. The maximum atomic E-state index is 11.2. The standard InChI is InChI=1S/C12H16N4O3/c1-3-5-10-11(16(17)18)12(15(2)14-10)13-8-9-6-4-7-19-9/h4,6-7,13H,3,5,8H2,1-2H3. The molecule has 0 aliphatic rings. The van der Waals surface area contributed by atoms with Crippen LogP contribution < -0.4 is 5.32 Å². The van der Waals surface area contributed by atoms with Crippen LogP contribution in [0.3, 0.4) is 0 Å². The van der Waals surface area contributed by atoms with Crippen LogP contribution in [0.5, 0.6) is 0 Å². The lowest BCUT2D eigenvalue weighted by atomic mass is 10.2. The summed E-state index contributed by atoms with van der Waals surface area (Å²) in [5.74, 6) is 1.12. The van der Waals surface area contributed by atoms with Crippen LogP contribution in [0.1, 0.15) is 24.8 Å². The molecule has 0 radical (unpaired) electrons. The molecule has 0 amide bonds. The smallest absolute Gasteiger partial charge is 0.334 e. The summed E-state index contributed by atoms with van der Waals surface area (Å²) in [7, 11) is 1.69. The van der Waals surface area contributed by atoms with E-state index in [1.54, 1.807) is 19.4 Å². The largest absolute Gasteiger partial charge is 0.467 e. The molecule has 0 aromatic carbocycles. The lowest BCUT2D eigenvalue weighted by Gasteiger charge is -2.03. The number of rotatable bonds is 6. The van der Waals surface area contributed by atoms with Crippen molar-refractivity contribution in [2.75, 3.05) is 5.32 Å². The van der Waals surface area contributed by atoms with E-state index in [2.05, 4.69) is 10.4 Å². The third-order valence-corrected chi connectivity index (χ3v) is 2.77. The lowest BCUT2D eigenvalue weighted by Crippen LogP contribution is -2.05. The zero-order chi connectivity index (χ0) is 13.8. The van der Waals surface area contributed by atoms with E-state index in [1.807, 2.05) is 13.0 Å². The van der Waals surface area contributed by atoms with E-state index in [1.165, 1.54) is 4.68 Å². The number of aromatic nitrogens is 2. The molecule has 0 spiro atoms. The van der Waals surface area contributed by atoms with Gasteiger partial charge >= 0.3 is 5.69 Å². The predicted molar refractivity (Wildman–Crippen MR) is 69.9 cm³/mol. The van der Waals surface area contributed by atoms with Gasteiger partial charge in [-0.1, -0.05) is 13.3 Å². The van der Waals surface area contributed by atoms with Gasteiger partial charge in [-0.15, -0.1) is 0 Å². The molecule has 0 saturated heterocycles. The van der Waals surface area contributed by atoms with Crippen molar-refractivity contribution in [2.45, 2.75) is 26.3 Å². The molecule has 2 aromatic rings. The number of nitro groups is 1. The molecular weight excluding hydrogens is 248 g/mol. The monoisotopic (exact) mass is 264 g/mol. The van der Waals surface area contributed by atoms with Crippen LogP contribution in [0, 0.1) is 10.1 Å². The molecule has 0 fully saturated rings. The fraction of sp³-hybridized carbons (Fsp3) is 0.417. The van der Waals surface area contributed by atoms with Gasteiger partial charge in [-0.25, -0.2) is 4.68 Å². The number of furan rings is 1. The highest BCUT2D eigenvalue weighted by molar-refractivity contribution is 5.59. The second kappa shape index (κ2) is 5.55. The van der Waals surface area contributed by atoms with E-state index in [-0.39, 0.29) is 10.6 Å². The summed E-state index contributed by atoms with van der Waals surface area (Å²) < 4.78 is 6.69. The summed E-state index contributed by atoms with van der Waals surface area (Å²) in [6.07, 6.45) is 2.97. The van der Waals surface area contributed by atoms with E-state index in [0.717, 1.165) is 6.42 Å². The van der Waals surface area contributed by atoms with Crippen LogP contribution in [0.4, 0.5) is 11.5 Å². The fourth-order valence-corrected chi connectivity index (χ4v) is 1.95. The average molecular weight is 264 g/mol. The van der Waals surface area contributed by atoms with Crippen LogP contribution in [0.25, 0.3) is 0 Å². The van der Waals surface area contributed by atoms with Gasteiger partial charge in [0.1, 0.15) is 11.5 Å². The first kappa shape index (κ1) is 13.1. The summed E-state index contributed by atoms with van der Waals surface area (Å²) in [6, 6.07) is 3.58. The maximum absolute atomic E-state index is 11.2. The average Bonchev–Trinajstić information content (AvgIpc) is 2.95. The third kappa shape index (κ3) is 2.75. The van der Waals surface area contributed by atoms with Crippen molar-refractivity contribution in [3.8, 4) is 0 Å². The molecule has 0 unspecified atom stereocenters. The van der Waals surface area contributed by atoms with Gasteiger partial charge in [0.05, 0.1) is 17.7 Å². The van der Waals surface area contributed by atoms with Crippen LogP contribution in [0.2, 0.25) is 0 Å². The molecule has 0 atom stereocenters. The molecule has 0 bridgehead atoms. The van der Waals surface area contributed by atoms with Gasteiger partial charge in [0.15, 0.2) is 0 Å². The quantitative estimate of drug-likeness (QED) is 0.639. The summed E-state index contributed by atoms with van der Waals surface area (Å²) in [5, 5.41) is 18.4. The van der Waals surface area contributed by atoms with Crippen LogP contribution in [0.15, 0.2) is 22.8 Å². The minimum Gasteiger partial charge on any atom is -0.467 e. The molecule has 0 saturated carbocycles. The van der Waals surface area contributed by atoms with Gasteiger partial charge in [0.25, 0.3) is 0 Å². The van der Waals surface area contributed by atoms with Crippen molar-refractivity contribution in [2.24, 2.45) is 7.05 Å². The number of hydrogen-bond acceptors (Lipinski definition) is 5. The second-order valence-corrected chi connectivity index (χ2v) is 4.21. The van der Waals surface area contributed by atoms with Crippen molar-refractivity contribution < 1.29 is 9.34 Å². The Balaban J connectivity index is 2.25. The normalized spacial score (nSPS) is 10.6. The van der Waals surface area contributed by atoms with Gasteiger partial charge in [-0.3, -0.25) is 10.1 Å². The molecule has 7 nitrogen and oxygen atoms in total. The molecule has 19 heavy (non-hydrogen) atoms. The molecule has 2 aromatic heterocycles. The van der Waals surface area contributed by atoms with Crippen LogP contribution in [-0.2, 0) is 20.0 Å². The van der Waals surface area contributed by atoms with Crippen molar-refractivity contribution >= 4 is 11.5 Å². The van der Waals surface area contributed by atoms with Crippen molar-refractivity contribution in [1.82, 2.24) is 9.78 Å². The van der Waals surface area contributed by atoms with Gasteiger partial charge in [0, 0.05) is 7.05 Å². The Morgan fingerprint density at radius 2 is 2.37 bits per heavy atom. The van der Waals surface area contributed by atoms with Gasteiger partial charge < -0.3 is 9.73 Å². The molecule has 2 rings (SSSR count). The first-order chi connectivity index (χ1) is 9.13. The minimum absolute atomic E-state index is 0.0518. The van der Waals surface area contributed by atoms with Gasteiger partial charge in [0.2, 0.25) is 5.82 Å². The maximum Gasteiger partial charge on any atom is 0.334 e. The SMILES string of the molecule is CCCc1nn(C)c(NCc2ccco2)c1[N+](=O)[O-]. The Kier molecular flexibility index (Phi) is 3.84. The number of hydrogen-bond donors (Lipinski definition) is 1. The number of anilines is 1. The molecule has 0 aliphatic heterocycles. The van der Waals surface area contributed by atoms with Crippen LogP contribution >= 0.6 is 0 Å². The minimum atomic E-state index is -0.386. The zero-order valence-corrected chi connectivity index (χ0v) is 10.9. The number of nitrogens with zero attached hydrogens (tertiary/aromatic N) is 3. The Morgan fingerprint density at radius 3 is 2.95 bits per heavy atom. The number of aryl methyl sites for hydroxylation is 2. The van der Waals surface area contributed by atoms with E-state index in [9.17, 15) is 10.1 Å². The Morgan fingerprint density at radius 1 is 1.58 bits per heavy atom. The van der Waals surface area contributed by atoms with Gasteiger partial charge in [-0.05, 0) is 18.6 Å². The van der Waals surface area contributed by atoms with Crippen molar-refractivity contribution in [3.05, 3.63) is 40.0 Å². The fourth-order valence-electron chi connectivity index (χ4n) is 1.95. The molecule has 7 heteroatoms. The summed E-state index contributed by atoms with van der Waals surface area (Å²) >= 11 is 0. The van der Waals surface area contributed by atoms with E-state index in [4.69, 9.17) is 4.42 Å². The Labute approximate surface area is 110 Å². The molecule has 102 valence electrons. The third-order valence-electron chi connectivity index (χ3n) is 2.77. The lowest BCUT2D eigenvalue weighted by molar-refractivity contribution is -0.384. The summed E-state index contributed by atoms with van der Waals surface area (Å²) in [6.45, 7) is 2.35. The summed E-state index contributed by atoms with van der Waals surface area (Å²) in [5.41, 5.74) is 0.563. The molecule has 2 heterocycles. The van der Waals surface area contributed by atoms with Crippen molar-refractivity contribution in [1.29, 1.82) is 0 Å². The highest BCUT2D eigenvalue weighted by Gasteiger charge is 2.25. The van der Waals surface area contributed by atoms with E-state index in [0.29, 0.717) is 30.2 Å². The predicted octanol–water partition coefficient (Wildman–Crippen LogP) is 2.49. The van der Waals surface area contributed by atoms with E-state index < -0.39 is 0 Å². The highest BCUT2D eigenvalue weighted by atomic mass is 16.6. The highest BCUT2D eigenvalue weighted by Crippen LogP contribution is 2.29. The molecule has 1 N–H and O–H groups in total. The topological polar surface area (TPSA) is 86.1 Å². The summed E-state index contributed by atoms with van der Waals surface area (Å²) in [4.78, 5) is 10.8. The number of nitrogens with one attached hydrogen (secondary N) is 1. The second-order valence-electron chi connectivity index (χ2n) is 4.21. The van der Waals surface area contributed by atoms with Gasteiger partial charge in [-0.2, -0.15) is 5.10 Å². The molecule has 0 aliphatic carbocycles.